The average Bonchev–Trinajstić information content (AvgIpc) is 3.53. The maximum Gasteiger partial charge on any atom is 0.102 e. The van der Waals surface area contributed by atoms with Crippen LogP contribution in [-0.2, 0) is 0 Å². The third-order valence-electron chi connectivity index (χ3n) is 8.08. The molecule has 6 nitrogen and oxygen atoms in total. The summed E-state index contributed by atoms with van der Waals surface area (Å²) in [6, 6.07) is 31.7. The Balaban J connectivity index is 1.56. The van der Waals surface area contributed by atoms with Crippen LogP contribution < -0.4 is 0 Å². The Labute approximate surface area is 241 Å². The van der Waals surface area contributed by atoms with Gasteiger partial charge in [0.15, 0.2) is 0 Å². The third kappa shape index (κ3) is 3.41. The molecule has 5 heterocycles. The fourth-order valence-electron chi connectivity index (χ4n) is 6.49. The number of nitriles is 1. The molecule has 42 heavy (non-hydrogen) atoms. The summed E-state index contributed by atoms with van der Waals surface area (Å²) < 4.78 is 4.40. The zero-order valence-electron chi connectivity index (χ0n) is 23.1. The van der Waals surface area contributed by atoms with Gasteiger partial charge in [-0.25, -0.2) is 0 Å². The SMILES string of the molecule is Cc1cc(-c2c(-n3c4ccccc4c4ccncc43)ccc(-n3c4ccccc4c4ccncc43)c2C#N)cc(C)n1. The van der Waals surface area contributed by atoms with Gasteiger partial charge >= 0.3 is 0 Å². The van der Waals surface area contributed by atoms with E-state index in [0.717, 1.165) is 77.5 Å². The molecule has 0 fully saturated rings. The summed E-state index contributed by atoms with van der Waals surface area (Å²) in [6.07, 6.45) is 7.43. The minimum atomic E-state index is 0.582. The van der Waals surface area contributed by atoms with Crippen molar-refractivity contribution in [3.8, 4) is 28.6 Å². The minimum absolute atomic E-state index is 0.582. The third-order valence-corrected chi connectivity index (χ3v) is 8.08. The van der Waals surface area contributed by atoms with Crippen molar-refractivity contribution in [2.24, 2.45) is 0 Å². The molecule has 0 radical (unpaired) electrons. The van der Waals surface area contributed by atoms with E-state index in [1.807, 2.05) is 56.8 Å². The van der Waals surface area contributed by atoms with Crippen LogP contribution in [0.25, 0.3) is 66.1 Å². The molecule has 0 unspecified atom stereocenters. The van der Waals surface area contributed by atoms with E-state index in [-0.39, 0.29) is 0 Å². The second-order valence-corrected chi connectivity index (χ2v) is 10.6. The number of aryl methyl sites for hydroxylation is 2. The lowest BCUT2D eigenvalue weighted by molar-refractivity contribution is 1.11. The van der Waals surface area contributed by atoms with Gasteiger partial charge in [0, 0.05) is 50.9 Å². The molecule has 8 aromatic rings. The van der Waals surface area contributed by atoms with Crippen molar-refractivity contribution in [3.63, 3.8) is 0 Å². The summed E-state index contributed by atoms with van der Waals surface area (Å²) in [7, 11) is 0. The summed E-state index contributed by atoms with van der Waals surface area (Å²) in [5.41, 5.74) is 9.93. The molecule has 0 aliphatic carbocycles. The first-order chi connectivity index (χ1) is 20.6. The molecule has 0 atom stereocenters. The summed E-state index contributed by atoms with van der Waals surface area (Å²) >= 11 is 0. The van der Waals surface area contributed by atoms with Crippen LogP contribution in [0, 0.1) is 25.2 Å². The molecule has 198 valence electrons. The minimum Gasteiger partial charge on any atom is -0.307 e. The van der Waals surface area contributed by atoms with E-state index in [9.17, 15) is 5.26 Å². The lowest BCUT2D eigenvalue weighted by Crippen LogP contribution is -2.05. The van der Waals surface area contributed by atoms with Crippen LogP contribution in [0.1, 0.15) is 17.0 Å². The Bertz CT molecular complexity index is 2280. The van der Waals surface area contributed by atoms with E-state index >= 15 is 0 Å². The molecule has 0 amide bonds. The summed E-state index contributed by atoms with van der Waals surface area (Å²) in [4.78, 5) is 13.6. The molecular formula is C36H24N6. The second kappa shape index (κ2) is 9.12. The van der Waals surface area contributed by atoms with Gasteiger partial charge in [-0.05, 0) is 67.9 Å². The molecule has 0 N–H and O–H groups in total. The highest BCUT2D eigenvalue weighted by molar-refractivity contribution is 6.11. The van der Waals surface area contributed by atoms with Gasteiger partial charge in [0.05, 0.1) is 51.4 Å². The molecular weight excluding hydrogens is 516 g/mol. The Morgan fingerprint density at radius 1 is 0.595 bits per heavy atom. The number of hydrogen-bond donors (Lipinski definition) is 0. The maximum absolute atomic E-state index is 11.0. The number of para-hydroxylation sites is 2. The summed E-state index contributed by atoms with van der Waals surface area (Å²) in [5.74, 6) is 0. The number of pyridine rings is 3. The standard InChI is InChI=1S/C36H24N6/c1-22-17-24(18-23(2)40-22)36-29(19-37)32(41-30-9-5-3-7-25(30)27-13-15-38-20-34(27)41)11-12-33(36)42-31-10-6-4-8-26(31)28-14-16-39-21-35(28)42/h3-18,20-21H,1-2H3. The van der Waals surface area contributed by atoms with E-state index in [0.29, 0.717) is 5.56 Å². The Hall–Kier alpha value is -5.80. The first-order valence-corrected chi connectivity index (χ1v) is 13.8. The van der Waals surface area contributed by atoms with Crippen molar-refractivity contribution in [1.82, 2.24) is 24.1 Å². The van der Waals surface area contributed by atoms with Crippen molar-refractivity contribution in [1.29, 1.82) is 5.26 Å². The van der Waals surface area contributed by atoms with Crippen LogP contribution in [0.5, 0.6) is 0 Å². The van der Waals surface area contributed by atoms with Gasteiger partial charge in [0.2, 0.25) is 0 Å². The molecule has 0 spiro atoms. The first-order valence-electron chi connectivity index (χ1n) is 13.8. The van der Waals surface area contributed by atoms with Crippen molar-refractivity contribution < 1.29 is 0 Å². The van der Waals surface area contributed by atoms with E-state index < -0.39 is 0 Å². The fraction of sp³-hybridized carbons (Fsp3) is 0.0556. The van der Waals surface area contributed by atoms with Crippen LogP contribution >= 0.6 is 0 Å². The van der Waals surface area contributed by atoms with Crippen LogP contribution in [0.2, 0.25) is 0 Å². The van der Waals surface area contributed by atoms with Gasteiger partial charge in [-0.15, -0.1) is 0 Å². The van der Waals surface area contributed by atoms with E-state index in [2.05, 4.69) is 96.9 Å². The number of rotatable bonds is 3. The van der Waals surface area contributed by atoms with E-state index in [1.165, 1.54) is 0 Å². The normalized spacial score (nSPS) is 11.5. The molecule has 0 bridgehead atoms. The summed E-state index contributed by atoms with van der Waals surface area (Å²) in [5, 5.41) is 15.4. The Kier molecular flexibility index (Phi) is 5.22. The molecule has 6 heteroatoms. The van der Waals surface area contributed by atoms with Crippen molar-refractivity contribution >= 4 is 43.6 Å². The second-order valence-electron chi connectivity index (χ2n) is 10.6. The molecule has 0 saturated carbocycles. The monoisotopic (exact) mass is 540 g/mol. The van der Waals surface area contributed by atoms with Crippen LogP contribution in [0.3, 0.4) is 0 Å². The number of hydrogen-bond acceptors (Lipinski definition) is 4. The number of benzene rings is 3. The predicted molar refractivity (Wildman–Crippen MR) is 168 cm³/mol. The molecule has 5 aromatic heterocycles. The highest BCUT2D eigenvalue weighted by Gasteiger charge is 2.23. The van der Waals surface area contributed by atoms with Crippen molar-refractivity contribution in [3.05, 3.63) is 127 Å². The molecule has 0 aliphatic rings. The molecule has 8 rings (SSSR count). The lowest BCUT2D eigenvalue weighted by Gasteiger charge is -2.20. The molecule has 0 aliphatic heterocycles. The first kappa shape index (κ1) is 24.0. The topological polar surface area (TPSA) is 72.3 Å². The zero-order chi connectivity index (χ0) is 28.4. The van der Waals surface area contributed by atoms with Gasteiger partial charge < -0.3 is 9.13 Å². The number of nitrogens with zero attached hydrogens (tertiary/aromatic N) is 6. The van der Waals surface area contributed by atoms with Crippen molar-refractivity contribution in [2.45, 2.75) is 13.8 Å². The van der Waals surface area contributed by atoms with E-state index in [4.69, 9.17) is 0 Å². The molecule has 0 saturated heterocycles. The highest BCUT2D eigenvalue weighted by Crippen LogP contribution is 2.41. The largest absolute Gasteiger partial charge is 0.307 e. The predicted octanol–water partition coefficient (Wildman–Crippen LogP) is 8.22. The van der Waals surface area contributed by atoms with Gasteiger partial charge in [-0.3, -0.25) is 15.0 Å². The Morgan fingerprint density at radius 3 is 1.67 bits per heavy atom. The van der Waals surface area contributed by atoms with Gasteiger partial charge in [-0.2, -0.15) is 5.26 Å². The van der Waals surface area contributed by atoms with Gasteiger partial charge in [0.25, 0.3) is 0 Å². The number of fused-ring (bicyclic) bond motifs is 6. The Morgan fingerprint density at radius 2 is 1.10 bits per heavy atom. The molecule has 3 aromatic carbocycles. The van der Waals surface area contributed by atoms with Crippen LogP contribution in [-0.4, -0.2) is 24.1 Å². The summed E-state index contributed by atoms with van der Waals surface area (Å²) in [6.45, 7) is 3.99. The quantitative estimate of drug-likeness (QED) is 0.226. The van der Waals surface area contributed by atoms with Crippen LogP contribution in [0.4, 0.5) is 0 Å². The average molecular weight is 541 g/mol. The number of aromatic nitrogens is 5. The smallest absolute Gasteiger partial charge is 0.102 e. The highest BCUT2D eigenvalue weighted by atomic mass is 15.0. The van der Waals surface area contributed by atoms with Crippen LogP contribution in [0.15, 0.2) is 110 Å². The van der Waals surface area contributed by atoms with E-state index in [1.54, 1.807) is 0 Å². The zero-order valence-corrected chi connectivity index (χ0v) is 23.1. The van der Waals surface area contributed by atoms with Gasteiger partial charge in [-0.1, -0.05) is 36.4 Å². The lowest BCUT2D eigenvalue weighted by atomic mass is 9.95. The van der Waals surface area contributed by atoms with Crippen molar-refractivity contribution in [2.75, 3.05) is 0 Å². The maximum atomic E-state index is 11.0. The van der Waals surface area contributed by atoms with Gasteiger partial charge in [0.1, 0.15) is 6.07 Å². The fourth-order valence-corrected chi connectivity index (χ4v) is 6.49.